The van der Waals surface area contributed by atoms with Crippen LogP contribution < -0.4 is 6.15 Å². The highest BCUT2D eigenvalue weighted by Crippen LogP contribution is 2.32. The summed E-state index contributed by atoms with van der Waals surface area (Å²) in [7, 11) is -3.29. The van der Waals surface area contributed by atoms with Crippen LogP contribution in [0.3, 0.4) is 0 Å². The molecule has 3 rings (SSSR count). The molecule has 1 aliphatic rings. The van der Waals surface area contributed by atoms with Crippen LogP contribution in [0.5, 0.6) is 5.75 Å². The van der Waals surface area contributed by atoms with Crippen molar-refractivity contribution >= 4 is 22.0 Å². The molecule has 1 aliphatic carbocycles. The number of fused-ring (bicyclic) bond motifs is 2. The van der Waals surface area contributed by atoms with E-state index in [2.05, 4.69) is 4.18 Å². The fourth-order valence-electron chi connectivity index (χ4n) is 2.13. The van der Waals surface area contributed by atoms with E-state index < -0.39 is 10.4 Å². The van der Waals surface area contributed by atoms with Crippen LogP contribution in [-0.2, 0) is 14.6 Å². The van der Waals surface area contributed by atoms with E-state index in [1.54, 1.807) is 36.4 Å². The van der Waals surface area contributed by atoms with Crippen molar-refractivity contribution < 1.29 is 31.8 Å². The first-order valence-corrected chi connectivity index (χ1v) is 7.66. The zero-order valence-electron chi connectivity index (χ0n) is 12.6. The van der Waals surface area contributed by atoms with Crippen molar-refractivity contribution in [2.75, 3.05) is 7.11 Å². The molecule has 0 amide bonds. The van der Waals surface area contributed by atoms with E-state index >= 15 is 0 Å². The largest absolute Gasteiger partial charge is 0.507 e. The lowest BCUT2D eigenvalue weighted by atomic mass is 9.84. The highest BCUT2D eigenvalue weighted by Gasteiger charge is 2.31. The molecule has 0 aliphatic heterocycles. The van der Waals surface area contributed by atoms with Gasteiger partial charge in [-0.15, -0.1) is 0 Å². The van der Waals surface area contributed by atoms with Crippen molar-refractivity contribution in [2.24, 2.45) is 0 Å². The smallest absolute Gasteiger partial charge is 0.397 e. The van der Waals surface area contributed by atoms with Crippen molar-refractivity contribution in [1.82, 2.24) is 6.15 Å². The molecule has 2 aromatic carbocycles. The summed E-state index contributed by atoms with van der Waals surface area (Å²) >= 11 is 0. The Morgan fingerprint density at radius 1 is 0.875 bits per heavy atom. The van der Waals surface area contributed by atoms with Gasteiger partial charge < -0.3 is 11.3 Å². The minimum atomic E-state index is -4.16. The molecule has 0 unspecified atom stereocenters. The number of phenolic OH excluding ortho intramolecular Hbond substituents is 1. The van der Waals surface area contributed by atoms with Gasteiger partial charge in [0, 0.05) is 16.7 Å². The number of hydrogen-bond acceptors (Lipinski definition) is 7. The molecule has 0 fully saturated rings. The van der Waals surface area contributed by atoms with Crippen LogP contribution in [0.4, 0.5) is 0 Å². The molecule has 0 saturated carbocycles. The first-order chi connectivity index (χ1) is 10.8. The molecule has 24 heavy (non-hydrogen) atoms. The molecule has 2 aromatic rings. The van der Waals surface area contributed by atoms with Gasteiger partial charge in [-0.1, -0.05) is 36.4 Å². The molecule has 8 nitrogen and oxygen atoms in total. The average molecular weight is 353 g/mol. The number of ketones is 2. The average Bonchev–Trinajstić information content (AvgIpc) is 2.52. The summed E-state index contributed by atoms with van der Waals surface area (Å²) in [5, 5.41) is 9.70. The first kappa shape index (κ1) is 19.5. The number of hydrogen-bond donors (Lipinski definition) is 3. The van der Waals surface area contributed by atoms with Crippen molar-refractivity contribution in [3.63, 3.8) is 0 Å². The quantitative estimate of drug-likeness (QED) is 0.559. The van der Waals surface area contributed by atoms with Gasteiger partial charge in [-0.2, -0.15) is 8.42 Å². The Bertz CT molecular complexity index is 890. The van der Waals surface area contributed by atoms with Crippen LogP contribution in [0, 0.1) is 0 Å². The second-order valence-corrected chi connectivity index (χ2v) is 5.69. The first-order valence-electron chi connectivity index (χ1n) is 6.29. The van der Waals surface area contributed by atoms with Crippen molar-refractivity contribution in [3.8, 4) is 5.75 Å². The highest BCUT2D eigenvalue weighted by atomic mass is 32.3. The summed E-state index contributed by atoms with van der Waals surface area (Å²) in [6, 6.07) is 11.2. The molecular formula is C15H15NO7S. The Hall–Kier alpha value is -2.59. The summed E-state index contributed by atoms with van der Waals surface area (Å²) in [4.78, 5) is 24.3. The van der Waals surface area contributed by atoms with Gasteiger partial charge in [0.1, 0.15) is 5.75 Å². The summed E-state index contributed by atoms with van der Waals surface area (Å²) < 4.78 is 29.7. The van der Waals surface area contributed by atoms with Gasteiger partial charge in [-0.05, 0) is 6.07 Å². The maximum atomic E-state index is 12.2. The predicted octanol–water partition coefficient (Wildman–Crippen LogP) is 1.77. The minimum absolute atomic E-state index is 0. The molecule has 0 atom stereocenters. The Kier molecular flexibility index (Phi) is 5.93. The van der Waals surface area contributed by atoms with E-state index in [0.29, 0.717) is 11.1 Å². The van der Waals surface area contributed by atoms with Crippen molar-refractivity contribution in [2.45, 2.75) is 0 Å². The van der Waals surface area contributed by atoms with Crippen LogP contribution in [-0.4, -0.2) is 36.8 Å². The SMILES string of the molecule is COS(=O)(=O)O.N.O=C1c2ccccc2C(=O)c2c(O)cccc21. The molecule has 0 radical (unpaired) electrons. The number of phenols is 1. The summed E-state index contributed by atoms with van der Waals surface area (Å²) in [5.74, 6) is -0.658. The molecule has 9 heteroatoms. The van der Waals surface area contributed by atoms with E-state index in [9.17, 15) is 23.1 Å². The lowest BCUT2D eigenvalue weighted by molar-refractivity contribution is 0.0976. The van der Waals surface area contributed by atoms with Crippen LogP contribution in [0.2, 0.25) is 0 Å². The summed E-state index contributed by atoms with van der Waals surface area (Å²) in [6.45, 7) is 0. The fourth-order valence-corrected chi connectivity index (χ4v) is 2.13. The lowest BCUT2D eigenvalue weighted by Crippen LogP contribution is -2.20. The Labute approximate surface area is 138 Å². The molecule has 5 N–H and O–H groups in total. The monoisotopic (exact) mass is 353 g/mol. The highest BCUT2D eigenvalue weighted by molar-refractivity contribution is 7.80. The van der Waals surface area contributed by atoms with Gasteiger partial charge in [0.15, 0.2) is 11.6 Å². The van der Waals surface area contributed by atoms with E-state index in [-0.39, 0.29) is 34.6 Å². The van der Waals surface area contributed by atoms with Gasteiger partial charge in [-0.3, -0.25) is 18.3 Å². The van der Waals surface area contributed by atoms with Gasteiger partial charge in [0.2, 0.25) is 0 Å². The molecule has 0 saturated heterocycles. The molecule has 0 heterocycles. The minimum Gasteiger partial charge on any atom is -0.507 e. The van der Waals surface area contributed by atoms with E-state index in [4.69, 9.17) is 4.55 Å². The van der Waals surface area contributed by atoms with Crippen LogP contribution in [0.25, 0.3) is 0 Å². The number of carbonyl (C=O) groups is 2. The van der Waals surface area contributed by atoms with Gasteiger partial charge in [0.05, 0.1) is 12.7 Å². The fraction of sp³-hybridized carbons (Fsp3) is 0.0667. The Morgan fingerprint density at radius 2 is 1.33 bits per heavy atom. The number of carbonyl (C=O) groups excluding carboxylic acids is 2. The molecule has 0 spiro atoms. The Morgan fingerprint density at radius 3 is 1.83 bits per heavy atom. The van der Waals surface area contributed by atoms with Crippen LogP contribution in [0.15, 0.2) is 42.5 Å². The molecular weight excluding hydrogens is 338 g/mol. The third kappa shape index (κ3) is 3.84. The maximum Gasteiger partial charge on any atom is 0.397 e. The third-order valence-electron chi connectivity index (χ3n) is 3.14. The summed E-state index contributed by atoms with van der Waals surface area (Å²) in [6.07, 6.45) is 0. The molecule has 128 valence electrons. The second-order valence-electron chi connectivity index (χ2n) is 4.50. The summed E-state index contributed by atoms with van der Waals surface area (Å²) in [5.41, 5.74) is 1.13. The van der Waals surface area contributed by atoms with E-state index in [1.165, 1.54) is 6.07 Å². The van der Waals surface area contributed by atoms with Gasteiger partial charge in [0.25, 0.3) is 0 Å². The maximum absolute atomic E-state index is 12.2. The zero-order valence-corrected chi connectivity index (χ0v) is 13.4. The van der Waals surface area contributed by atoms with Crippen molar-refractivity contribution in [3.05, 3.63) is 64.7 Å². The topological polar surface area (TPSA) is 153 Å². The third-order valence-corrected chi connectivity index (χ3v) is 3.56. The predicted molar refractivity (Wildman–Crippen MR) is 85.0 cm³/mol. The Balaban J connectivity index is 0.000000359. The normalized spacial score (nSPS) is 12.2. The molecule has 0 bridgehead atoms. The van der Waals surface area contributed by atoms with Crippen LogP contribution in [0.1, 0.15) is 31.8 Å². The standard InChI is InChI=1S/C14H8O3.CH4O4S.H3N/c15-11-7-3-6-10-12(11)14(17)9-5-2-1-4-8(9)13(10)16;1-5-6(2,3)4;/h1-7,15H;1H3,(H,2,3,4);1H3. The number of aromatic hydroxyl groups is 1. The van der Waals surface area contributed by atoms with Crippen LogP contribution >= 0.6 is 0 Å². The van der Waals surface area contributed by atoms with Gasteiger partial charge >= 0.3 is 10.4 Å². The van der Waals surface area contributed by atoms with Gasteiger partial charge in [-0.25, -0.2) is 0 Å². The van der Waals surface area contributed by atoms with E-state index in [0.717, 1.165) is 7.11 Å². The second kappa shape index (κ2) is 7.32. The zero-order chi connectivity index (χ0) is 17.2. The number of rotatable bonds is 1. The molecule has 0 aromatic heterocycles. The lowest BCUT2D eigenvalue weighted by Gasteiger charge is -2.17. The van der Waals surface area contributed by atoms with Crippen molar-refractivity contribution in [1.29, 1.82) is 0 Å². The van der Waals surface area contributed by atoms with E-state index in [1.807, 2.05) is 0 Å². The number of benzene rings is 2.